The van der Waals surface area contributed by atoms with Gasteiger partial charge in [0, 0.05) is 0 Å². The summed E-state index contributed by atoms with van der Waals surface area (Å²) in [5.41, 5.74) is 0. The molecule has 0 heterocycles. The van der Waals surface area contributed by atoms with Crippen LogP contribution in [0.15, 0.2) is 0 Å². The number of phosphoric ester groups is 1. The van der Waals surface area contributed by atoms with Crippen LogP contribution in [0.25, 0.3) is 0 Å². The molecule has 0 spiro atoms. The Bertz CT molecular complexity index is 313. The van der Waals surface area contributed by atoms with Gasteiger partial charge in [-0.25, -0.2) is 4.57 Å². The molecule has 10 nitrogen and oxygen atoms in total. The standard InChI is InChI=1S/C7H15O10P/c8-1-3(9)5(11)7(13)6(12)4(10)2-17-18(14,15)16/h3,5-9,11-13H,1-2H2,(H2,14,15,16)/t3-,5+,6+,7-/m0/s1. The smallest absolute Gasteiger partial charge is 0.394 e. The van der Waals surface area contributed by atoms with Crippen LogP contribution in [0, 0.1) is 0 Å². The fraction of sp³-hybridized carbons (Fsp3) is 0.857. The van der Waals surface area contributed by atoms with E-state index >= 15 is 0 Å². The number of hydrogen-bond donors (Lipinski definition) is 7. The van der Waals surface area contributed by atoms with Crippen LogP contribution in [-0.2, 0) is 13.9 Å². The molecule has 0 amide bonds. The van der Waals surface area contributed by atoms with Gasteiger partial charge in [0.05, 0.1) is 6.61 Å². The SMILES string of the molecule is O=C(COP(=O)(O)O)[C@@H](O)[C@@H](O)[C@H](O)[C@@H](O)CO. The summed E-state index contributed by atoms with van der Waals surface area (Å²) in [5, 5.41) is 45.0. The monoisotopic (exact) mass is 290 g/mol. The van der Waals surface area contributed by atoms with Gasteiger partial charge in [0.1, 0.15) is 31.0 Å². The molecule has 0 aliphatic carbocycles. The molecule has 4 atom stereocenters. The summed E-state index contributed by atoms with van der Waals surface area (Å²) >= 11 is 0. The van der Waals surface area contributed by atoms with Crippen molar-refractivity contribution in [2.75, 3.05) is 13.2 Å². The number of Topliss-reactive ketones (excluding diaryl/α,β-unsaturated/α-hetero) is 1. The molecule has 0 bridgehead atoms. The normalized spacial score (nSPS) is 19.1. The lowest BCUT2D eigenvalue weighted by Crippen LogP contribution is -2.49. The van der Waals surface area contributed by atoms with Crippen LogP contribution >= 0.6 is 7.82 Å². The minimum absolute atomic E-state index is 0.919. The average Bonchev–Trinajstić information content (AvgIpc) is 2.31. The molecular formula is C7H15O10P. The summed E-state index contributed by atoms with van der Waals surface area (Å²) in [6, 6.07) is 0. The van der Waals surface area contributed by atoms with Crippen molar-refractivity contribution in [1.82, 2.24) is 0 Å². The fourth-order valence-electron chi connectivity index (χ4n) is 0.946. The van der Waals surface area contributed by atoms with Crippen molar-refractivity contribution in [1.29, 1.82) is 0 Å². The van der Waals surface area contributed by atoms with E-state index in [1.54, 1.807) is 0 Å². The number of carbonyl (C=O) groups excluding carboxylic acids is 1. The molecule has 0 aromatic carbocycles. The number of aliphatic hydroxyl groups excluding tert-OH is 5. The number of phosphoric acid groups is 1. The third-order valence-electron chi connectivity index (χ3n) is 1.96. The lowest BCUT2D eigenvalue weighted by Gasteiger charge is -2.24. The molecule has 11 heteroatoms. The van der Waals surface area contributed by atoms with E-state index in [0.29, 0.717) is 0 Å². The number of hydrogen-bond acceptors (Lipinski definition) is 8. The predicted octanol–water partition coefficient (Wildman–Crippen LogP) is -3.90. The molecule has 0 aromatic rings. The van der Waals surface area contributed by atoms with Crippen molar-refractivity contribution in [3.63, 3.8) is 0 Å². The summed E-state index contributed by atoms with van der Waals surface area (Å²) < 4.78 is 14.1. The van der Waals surface area contributed by atoms with E-state index in [1.165, 1.54) is 0 Å². The molecule has 0 aliphatic rings. The molecule has 0 saturated heterocycles. The van der Waals surface area contributed by atoms with Gasteiger partial charge >= 0.3 is 7.82 Å². The lowest BCUT2D eigenvalue weighted by atomic mass is 10.0. The summed E-state index contributed by atoms with van der Waals surface area (Å²) in [6.07, 6.45) is -8.16. The van der Waals surface area contributed by atoms with Gasteiger partial charge in [-0.1, -0.05) is 0 Å². The Kier molecular flexibility index (Phi) is 7.07. The lowest BCUT2D eigenvalue weighted by molar-refractivity contribution is -0.149. The van der Waals surface area contributed by atoms with Crippen LogP contribution in [0.4, 0.5) is 0 Å². The van der Waals surface area contributed by atoms with Gasteiger partial charge in [-0.3, -0.25) is 9.32 Å². The van der Waals surface area contributed by atoms with Gasteiger partial charge in [-0.05, 0) is 0 Å². The third-order valence-corrected chi connectivity index (χ3v) is 2.43. The van der Waals surface area contributed by atoms with Gasteiger partial charge in [0.25, 0.3) is 0 Å². The maximum atomic E-state index is 11.1. The van der Waals surface area contributed by atoms with E-state index in [9.17, 15) is 19.6 Å². The first kappa shape index (κ1) is 17.6. The zero-order chi connectivity index (χ0) is 14.5. The molecule has 0 aliphatic heterocycles. The zero-order valence-electron chi connectivity index (χ0n) is 9.03. The van der Waals surface area contributed by atoms with Crippen LogP contribution in [0.5, 0.6) is 0 Å². The van der Waals surface area contributed by atoms with E-state index in [0.717, 1.165) is 0 Å². The highest BCUT2D eigenvalue weighted by atomic mass is 31.2. The van der Waals surface area contributed by atoms with E-state index < -0.39 is 51.2 Å². The number of aliphatic hydroxyl groups is 5. The highest BCUT2D eigenvalue weighted by Crippen LogP contribution is 2.35. The van der Waals surface area contributed by atoms with Gasteiger partial charge in [0.2, 0.25) is 0 Å². The largest absolute Gasteiger partial charge is 0.470 e. The minimum Gasteiger partial charge on any atom is -0.394 e. The molecule has 0 aromatic heterocycles. The minimum atomic E-state index is -4.90. The molecule has 0 unspecified atom stereocenters. The van der Waals surface area contributed by atoms with E-state index in [4.69, 9.17) is 25.1 Å². The maximum Gasteiger partial charge on any atom is 0.470 e. The Morgan fingerprint density at radius 3 is 2.00 bits per heavy atom. The molecule has 108 valence electrons. The summed E-state index contributed by atoms with van der Waals surface area (Å²) in [6.45, 7) is -2.11. The van der Waals surface area contributed by atoms with Gasteiger partial charge in [-0.2, -0.15) is 0 Å². The zero-order valence-corrected chi connectivity index (χ0v) is 9.92. The Morgan fingerprint density at radius 2 is 1.61 bits per heavy atom. The van der Waals surface area contributed by atoms with Crippen molar-refractivity contribution in [3.05, 3.63) is 0 Å². The predicted molar refractivity (Wildman–Crippen MR) is 54.1 cm³/mol. The molecular weight excluding hydrogens is 275 g/mol. The van der Waals surface area contributed by atoms with Crippen LogP contribution < -0.4 is 0 Å². The second kappa shape index (κ2) is 7.24. The Morgan fingerprint density at radius 1 is 1.11 bits per heavy atom. The quantitative estimate of drug-likeness (QED) is 0.218. The topological polar surface area (TPSA) is 185 Å². The number of carbonyl (C=O) groups is 1. The summed E-state index contributed by atoms with van der Waals surface area (Å²) in [5.74, 6) is -1.31. The molecule has 7 N–H and O–H groups in total. The average molecular weight is 290 g/mol. The van der Waals surface area contributed by atoms with Gasteiger partial charge < -0.3 is 35.3 Å². The van der Waals surface area contributed by atoms with Crippen molar-refractivity contribution in [2.45, 2.75) is 24.4 Å². The first-order valence-electron chi connectivity index (χ1n) is 4.66. The van der Waals surface area contributed by atoms with Crippen molar-refractivity contribution in [2.24, 2.45) is 0 Å². The molecule has 0 fully saturated rings. The summed E-state index contributed by atoms with van der Waals surface area (Å²) in [4.78, 5) is 27.7. The van der Waals surface area contributed by atoms with Gasteiger partial charge in [-0.15, -0.1) is 0 Å². The van der Waals surface area contributed by atoms with Crippen LogP contribution in [-0.4, -0.2) is 78.7 Å². The number of ketones is 1. The second-order valence-electron chi connectivity index (χ2n) is 3.41. The van der Waals surface area contributed by atoms with Crippen molar-refractivity contribution in [3.8, 4) is 0 Å². The van der Waals surface area contributed by atoms with Crippen LogP contribution in [0.3, 0.4) is 0 Å². The number of rotatable bonds is 8. The van der Waals surface area contributed by atoms with Gasteiger partial charge in [0.15, 0.2) is 5.78 Å². The summed E-state index contributed by atoms with van der Waals surface area (Å²) in [7, 11) is -4.90. The van der Waals surface area contributed by atoms with Crippen molar-refractivity contribution < 1.29 is 49.2 Å². The molecule has 0 rings (SSSR count). The van der Waals surface area contributed by atoms with E-state index in [1.807, 2.05) is 0 Å². The molecule has 0 saturated carbocycles. The Balaban J connectivity index is 4.41. The van der Waals surface area contributed by atoms with E-state index in [2.05, 4.69) is 4.52 Å². The highest BCUT2D eigenvalue weighted by molar-refractivity contribution is 7.46. The molecule has 18 heavy (non-hydrogen) atoms. The Hall–Kier alpha value is -0.420. The first-order valence-corrected chi connectivity index (χ1v) is 6.19. The maximum absolute atomic E-state index is 11.1. The van der Waals surface area contributed by atoms with Crippen LogP contribution in [0.1, 0.15) is 0 Å². The fourth-order valence-corrected chi connectivity index (χ4v) is 1.24. The third kappa shape index (κ3) is 5.96. The first-order chi connectivity index (χ1) is 8.10. The highest BCUT2D eigenvalue weighted by Gasteiger charge is 2.34. The molecule has 0 radical (unpaired) electrons. The van der Waals surface area contributed by atoms with E-state index in [-0.39, 0.29) is 0 Å². The second-order valence-corrected chi connectivity index (χ2v) is 4.65. The van der Waals surface area contributed by atoms with Crippen LogP contribution in [0.2, 0.25) is 0 Å². The Labute approximate surface area is 101 Å². The van der Waals surface area contributed by atoms with Crippen molar-refractivity contribution >= 4 is 13.6 Å².